The maximum atomic E-state index is 9.92. The zero-order chi connectivity index (χ0) is 5.28. The summed E-state index contributed by atoms with van der Waals surface area (Å²) in [7, 11) is 0. The molecule has 0 spiro atoms. The van der Waals surface area contributed by atoms with Crippen LogP contribution in [-0.4, -0.2) is 11.9 Å². The summed E-state index contributed by atoms with van der Waals surface area (Å²) >= 11 is 0. The summed E-state index contributed by atoms with van der Waals surface area (Å²) in [4.78, 5) is 19.8. The molecule has 0 radical (unpaired) electrons. The third kappa shape index (κ3) is 1.18. The molecule has 44 valence electrons. The first-order valence-corrected chi connectivity index (χ1v) is 1.73. The number of carbonyl (C=O) groups is 2. The quantitative estimate of drug-likeness (QED) is 0.335. The smallest absolute Gasteiger partial charge is 0.338 e. The number of carbonyl (C=O) groups excluding carboxylic acids is 2. The van der Waals surface area contributed by atoms with E-state index in [0.29, 0.717) is 0 Å². The van der Waals surface area contributed by atoms with Crippen LogP contribution in [0.15, 0.2) is 12.2 Å². The Hall–Kier alpha value is -1.12. The molecule has 0 aromatic rings. The van der Waals surface area contributed by atoms with Gasteiger partial charge in [-0.1, -0.05) is 7.43 Å². The van der Waals surface area contributed by atoms with Crippen molar-refractivity contribution >= 4 is 11.9 Å². The van der Waals surface area contributed by atoms with Crippen molar-refractivity contribution in [1.82, 2.24) is 0 Å². The number of hydrogen-bond acceptors (Lipinski definition) is 3. The lowest BCUT2D eigenvalue weighted by atomic mass is 10.6. The highest BCUT2D eigenvalue weighted by molar-refractivity contribution is 6.04. The van der Waals surface area contributed by atoms with Gasteiger partial charge in [-0.3, -0.25) is 0 Å². The minimum absolute atomic E-state index is 0. The second-order valence-electron chi connectivity index (χ2n) is 1.07. The van der Waals surface area contributed by atoms with Gasteiger partial charge < -0.3 is 4.74 Å². The van der Waals surface area contributed by atoms with Gasteiger partial charge in [0, 0.05) is 12.2 Å². The van der Waals surface area contributed by atoms with Gasteiger partial charge in [-0.15, -0.1) is 0 Å². The summed E-state index contributed by atoms with van der Waals surface area (Å²) in [6, 6.07) is 0. The highest BCUT2D eigenvalue weighted by atomic mass is 16.6. The summed E-state index contributed by atoms with van der Waals surface area (Å²) in [6.07, 6.45) is 2.17. The first kappa shape index (κ1) is 6.88. The minimum atomic E-state index is -0.579. The highest BCUT2D eigenvalue weighted by Gasteiger charge is 2.10. The number of esters is 2. The Kier molecular flexibility index (Phi) is 1.94. The molecule has 0 amide bonds. The Bertz CT molecular complexity index is 130. The number of cyclic esters (lactones) is 2. The molecule has 0 atom stereocenters. The molecule has 0 aliphatic carbocycles. The van der Waals surface area contributed by atoms with Crippen LogP contribution in [-0.2, 0) is 14.3 Å². The van der Waals surface area contributed by atoms with E-state index < -0.39 is 11.9 Å². The lowest BCUT2D eigenvalue weighted by molar-refractivity contribution is -0.150. The van der Waals surface area contributed by atoms with Gasteiger partial charge in [0.1, 0.15) is 0 Å². The molecule has 0 aromatic heterocycles. The van der Waals surface area contributed by atoms with Gasteiger partial charge >= 0.3 is 11.9 Å². The van der Waals surface area contributed by atoms with Gasteiger partial charge in [0.05, 0.1) is 0 Å². The standard InChI is InChI=1S/C4H2O3.CH4/c5-3-1-2-4(6)7-3;/h1-2H;1H4. The molecule has 0 saturated heterocycles. The van der Waals surface area contributed by atoms with Crippen molar-refractivity contribution in [3.05, 3.63) is 12.2 Å². The molecule has 0 unspecified atom stereocenters. The molecule has 0 aromatic carbocycles. The molecule has 1 aliphatic heterocycles. The van der Waals surface area contributed by atoms with Crippen LogP contribution in [0.2, 0.25) is 0 Å². The van der Waals surface area contributed by atoms with E-state index in [-0.39, 0.29) is 7.43 Å². The molecule has 1 aliphatic rings. The van der Waals surface area contributed by atoms with E-state index in [4.69, 9.17) is 0 Å². The van der Waals surface area contributed by atoms with E-state index in [1.807, 2.05) is 0 Å². The van der Waals surface area contributed by atoms with Crippen LogP contribution in [0.3, 0.4) is 0 Å². The van der Waals surface area contributed by atoms with Crippen LogP contribution < -0.4 is 0 Å². The fourth-order valence-corrected chi connectivity index (χ4v) is 0.303. The monoisotopic (exact) mass is 114 g/mol. The van der Waals surface area contributed by atoms with Gasteiger partial charge in [0.15, 0.2) is 0 Å². The zero-order valence-corrected chi connectivity index (χ0v) is 3.38. The second-order valence-corrected chi connectivity index (χ2v) is 1.07. The molecule has 1 rings (SSSR count). The highest BCUT2D eigenvalue weighted by Crippen LogP contribution is 1.92. The van der Waals surface area contributed by atoms with E-state index >= 15 is 0 Å². The average molecular weight is 114 g/mol. The van der Waals surface area contributed by atoms with Gasteiger partial charge in [0.2, 0.25) is 0 Å². The van der Waals surface area contributed by atoms with E-state index in [0.717, 1.165) is 12.2 Å². The summed E-state index contributed by atoms with van der Waals surface area (Å²) in [6.45, 7) is 0. The van der Waals surface area contributed by atoms with Crippen molar-refractivity contribution in [2.45, 2.75) is 7.43 Å². The topological polar surface area (TPSA) is 43.4 Å². The Balaban J connectivity index is 0.000000490. The van der Waals surface area contributed by atoms with Crippen LogP contribution in [0.1, 0.15) is 7.43 Å². The molecular weight excluding hydrogens is 108 g/mol. The van der Waals surface area contributed by atoms with Crippen molar-refractivity contribution in [1.29, 1.82) is 0 Å². The third-order valence-electron chi connectivity index (χ3n) is 0.557. The van der Waals surface area contributed by atoms with Gasteiger partial charge in [-0.05, 0) is 0 Å². The summed E-state index contributed by atoms with van der Waals surface area (Å²) < 4.78 is 3.97. The van der Waals surface area contributed by atoms with Gasteiger partial charge in [-0.25, -0.2) is 9.59 Å². The Morgan fingerprint density at radius 1 is 1.12 bits per heavy atom. The Morgan fingerprint density at radius 2 is 1.50 bits per heavy atom. The predicted octanol–water partition coefficient (Wildman–Crippen LogP) is 0.262. The molecule has 0 saturated carbocycles. The second kappa shape index (κ2) is 2.26. The molecule has 3 heteroatoms. The van der Waals surface area contributed by atoms with Crippen LogP contribution in [0.25, 0.3) is 0 Å². The minimum Gasteiger partial charge on any atom is -0.387 e. The normalized spacial score (nSPS) is 15.5. The third-order valence-corrected chi connectivity index (χ3v) is 0.557. The first-order valence-electron chi connectivity index (χ1n) is 1.73. The number of hydrogen-bond donors (Lipinski definition) is 0. The molecule has 0 N–H and O–H groups in total. The Morgan fingerprint density at radius 3 is 1.62 bits per heavy atom. The maximum absolute atomic E-state index is 9.92. The van der Waals surface area contributed by atoms with E-state index in [1.165, 1.54) is 0 Å². The van der Waals surface area contributed by atoms with Gasteiger partial charge in [0.25, 0.3) is 0 Å². The molecule has 1 heterocycles. The van der Waals surface area contributed by atoms with Crippen molar-refractivity contribution < 1.29 is 14.3 Å². The van der Waals surface area contributed by atoms with E-state index in [2.05, 4.69) is 4.74 Å². The number of rotatable bonds is 0. The van der Waals surface area contributed by atoms with E-state index in [1.54, 1.807) is 0 Å². The van der Waals surface area contributed by atoms with Crippen LogP contribution in [0, 0.1) is 0 Å². The zero-order valence-electron chi connectivity index (χ0n) is 3.38. The van der Waals surface area contributed by atoms with Crippen molar-refractivity contribution in [2.24, 2.45) is 0 Å². The van der Waals surface area contributed by atoms with Gasteiger partial charge in [-0.2, -0.15) is 0 Å². The van der Waals surface area contributed by atoms with Crippen molar-refractivity contribution in [3.63, 3.8) is 0 Å². The lowest BCUT2D eigenvalue weighted by Gasteiger charge is -1.80. The van der Waals surface area contributed by atoms with Crippen LogP contribution in [0.5, 0.6) is 0 Å². The van der Waals surface area contributed by atoms with E-state index in [9.17, 15) is 9.59 Å². The SMILES string of the molecule is C.O=C1C=CC(=O)O1. The summed E-state index contributed by atoms with van der Waals surface area (Å²) in [5, 5.41) is 0. The fraction of sp³-hybridized carbons (Fsp3) is 0.200. The Labute approximate surface area is 46.9 Å². The summed E-state index contributed by atoms with van der Waals surface area (Å²) in [5.74, 6) is -1.16. The average Bonchev–Trinajstić information content (AvgIpc) is 1.87. The number of ether oxygens (including phenoxy) is 1. The fourth-order valence-electron chi connectivity index (χ4n) is 0.303. The molecule has 0 bridgehead atoms. The first-order chi connectivity index (χ1) is 3.29. The molecular formula is C5H6O3. The summed E-state index contributed by atoms with van der Waals surface area (Å²) in [5.41, 5.74) is 0. The molecule has 8 heavy (non-hydrogen) atoms. The van der Waals surface area contributed by atoms with Crippen LogP contribution in [0.4, 0.5) is 0 Å². The maximum Gasteiger partial charge on any atom is 0.338 e. The van der Waals surface area contributed by atoms with Crippen LogP contribution >= 0.6 is 0 Å². The lowest BCUT2D eigenvalue weighted by Crippen LogP contribution is -1.96. The largest absolute Gasteiger partial charge is 0.387 e. The van der Waals surface area contributed by atoms with Crippen molar-refractivity contribution in [3.8, 4) is 0 Å². The predicted molar refractivity (Wildman–Crippen MR) is 27.0 cm³/mol. The van der Waals surface area contributed by atoms with Crippen molar-refractivity contribution in [2.75, 3.05) is 0 Å². The molecule has 3 nitrogen and oxygen atoms in total. The molecule has 0 fully saturated rings.